The van der Waals surface area contributed by atoms with E-state index < -0.39 is 23.7 Å². The molecule has 0 unspecified atom stereocenters. The van der Waals surface area contributed by atoms with E-state index in [1.54, 1.807) is 20.8 Å². The van der Waals surface area contributed by atoms with Crippen molar-refractivity contribution in [3.05, 3.63) is 0 Å². The molecular formula is C13H21NO4. The van der Waals surface area contributed by atoms with E-state index >= 15 is 0 Å². The van der Waals surface area contributed by atoms with E-state index in [4.69, 9.17) is 4.74 Å². The maximum Gasteiger partial charge on any atom is 0.411 e. The lowest BCUT2D eigenvalue weighted by Crippen LogP contribution is -2.47. The number of carbonyl (C=O) groups is 2. The maximum absolute atomic E-state index is 12.0. The van der Waals surface area contributed by atoms with Crippen LogP contribution in [0.25, 0.3) is 0 Å². The van der Waals surface area contributed by atoms with Crippen molar-refractivity contribution >= 4 is 12.1 Å². The third-order valence-corrected chi connectivity index (χ3v) is 4.09. The number of nitrogens with zero attached hydrogens (tertiary/aromatic N) is 1. The van der Waals surface area contributed by atoms with Gasteiger partial charge in [-0.05, 0) is 32.1 Å². The van der Waals surface area contributed by atoms with Gasteiger partial charge in [0.15, 0.2) is 0 Å². The van der Waals surface area contributed by atoms with E-state index in [1.165, 1.54) is 4.90 Å². The molecule has 0 bridgehead atoms. The molecule has 2 rings (SSSR count). The average Bonchev–Trinajstić information content (AvgIpc) is 2.59. The van der Waals surface area contributed by atoms with E-state index in [-0.39, 0.29) is 17.3 Å². The third kappa shape index (κ3) is 1.95. The number of carbonyl (C=O) groups excluding carboxylic acids is 1. The second-order valence-electron chi connectivity index (χ2n) is 6.87. The molecule has 0 aromatic rings. The van der Waals surface area contributed by atoms with Gasteiger partial charge in [-0.25, -0.2) is 9.59 Å². The number of carboxylic acid groups (broad SMARTS) is 1. The maximum atomic E-state index is 12.0. The first-order valence-corrected chi connectivity index (χ1v) is 6.28. The molecule has 0 aromatic heterocycles. The van der Waals surface area contributed by atoms with Gasteiger partial charge in [0.05, 0.1) is 0 Å². The number of hydrogen-bond donors (Lipinski definition) is 1. The first-order chi connectivity index (χ1) is 8.05. The topological polar surface area (TPSA) is 66.8 Å². The zero-order valence-corrected chi connectivity index (χ0v) is 11.6. The van der Waals surface area contributed by atoms with Gasteiger partial charge < -0.3 is 9.84 Å². The van der Waals surface area contributed by atoms with Gasteiger partial charge in [0.25, 0.3) is 0 Å². The van der Waals surface area contributed by atoms with Gasteiger partial charge in [0.2, 0.25) is 0 Å². The van der Waals surface area contributed by atoms with Gasteiger partial charge in [-0.2, -0.15) is 0 Å². The van der Waals surface area contributed by atoms with Crippen LogP contribution in [0.15, 0.2) is 0 Å². The number of rotatable bonds is 1. The largest absolute Gasteiger partial charge is 0.480 e. The minimum absolute atomic E-state index is 0.0293. The zero-order chi connectivity index (χ0) is 13.9. The Bertz CT molecular complexity index is 396. The standard InChI is InChI=1S/C13H21NO4/c1-12(2,3)18-11(17)14-6-7-8(13(7,4)5)9(14)10(15)16/h7-9H,6H2,1-5H3,(H,15,16)/t7-,8-,9-/m1/s1. The van der Waals surface area contributed by atoms with Crippen molar-refractivity contribution in [3.8, 4) is 0 Å². The Morgan fingerprint density at radius 1 is 1.33 bits per heavy atom. The Hall–Kier alpha value is -1.26. The van der Waals surface area contributed by atoms with Crippen LogP contribution in [-0.4, -0.2) is 40.3 Å². The van der Waals surface area contributed by atoms with Crippen LogP contribution < -0.4 is 0 Å². The summed E-state index contributed by atoms with van der Waals surface area (Å²) in [7, 11) is 0. The summed E-state index contributed by atoms with van der Waals surface area (Å²) in [6.07, 6.45) is -0.516. The molecule has 18 heavy (non-hydrogen) atoms. The summed E-state index contributed by atoms with van der Waals surface area (Å²) in [5, 5.41) is 9.31. The smallest absolute Gasteiger partial charge is 0.411 e. The summed E-state index contributed by atoms with van der Waals surface area (Å²) in [5.41, 5.74) is -0.565. The highest BCUT2D eigenvalue weighted by molar-refractivity contribution is 5.82. The Labute approximate surface area is 107 Å². The quantitative estimate of drug-likeness (QED) is 0.777. The highest BCUT2D eigenvalue weighted by Gasteiger charge is 2.70. The molecule has 2 fully saturated rings. The molecule has 3 atom stereocenters. The zero-order valence-electron chi connectivity index (χ0n) is 11.6. The first kappa shape index (κ1) is 13.2. The molecule has 2 aliphatic rings. The van der Waals surface area contributed by atoms with Crippen molar-refractivity contribution in [2.45, 2.75) is 46.3 Å². The average molecular weight is 255 g/mol. The van der Waals surface area contributed by atoms with Crippen molar-refractivity contribution in [1.82, 2.24) is 4.90 Å². The number of likely N-dealkylation sites (tertiary alicyclic amines) is 1. The number of fused-ring (bicyclic) bond motifs is 1. The Morgan fingerprint density at radius 3 is 2.33 bits per heavy atom. The van der Waals surface area contributed by atoms with E-state index in [1.807, 2.05) is 0 Å². The highest BCUT2D eigenvalue weighted by atomic mass is 16.6. The number of hydrogen-bond acceptors (Lipinski definition) is 3. The third-order valence-electron chi connectivity index (χ3n) is 4.09. The highest BCUT2D eigenvalue weighted by Crippen LogP contribution is 2.64. The minimum atomic E-state index is -0.932. The van der Waals surface area contributed by atoms with E-state index in [2.05, 4.69) is 13.8 Å². The normalized spacial score (nSPS) is 32.9. The first-order valence-electron chi connectivity index (χ1n) is 6.28. The summed E-state index contributed by atoms with van der Waals surface area (Å²) in [6.45, 7) is 9.95. The molecule has 5 heteroatoms. The molecule has 1 amide bonds. The summed E-state index contributed by atoms with van der Waals surface area (Å²) >= 11 is 0. The van der Waals surface area contributed by atoms with Crippen LogP contribution in [0.2, 0.25) is 0 Å². The summed E-state index contributed by atoms with van der Waals surface area (Å²) in [4.78, 5) is 24.7. The molecule has 1 saturated carbocycles. The minimum Gasteiger partial charge on any atom is -0.480 e. The molecule has 1 saturated heterocycles. The number of carboxylic acids is 1. The second-order valence-corrected chi connectivity index (χ2v) is 6.87. The fourth-order valence-electron chi connectivity index (χ4n) is 3.08. The number of piperidine rings is 1. The lowest BCUT2D eigenvalue weighted by molar-refractivity contribution is -0.143. The van der Waals surface area contributed by atoms with Crippen LogP contribution in [-0.2, 0) is 9.53 Å². The number of ether oxygens (including phenoxy) is 1. The van der Waals surface area contributed by atoms with Crippen molar-refractivity contribution in [1.29, 1.82) is 0 Å². The van der Waals surface area contributed by atoms with Crippen molar-refractivity contribution in [2.24, 2.45) is 17.3 Å². The predicted molar refractivity (Wildman–Crippen MR) is 65.1 cm³/mol. The van der Waals surface area contributed by atoms with Gasteiger partial charge in [0, 0.05) is 12.5 Å². The van der Waals surface area contributed by atoms with Crippen LogP contribution >= 0.6 is 0 Å². The van der Waals surface area contributed by atoms with Crippen molar-refractivity contribution < 1.29 is 19.4 Å². The van der Waals surface area contributed by atoms with Gasteiger partial charge in [-0.3, -0.25) is 4.90 Å². The summed E-state index contributed by atoms with van der Waals surface area (Å²) in [5.74, 6) is -0.590. The second kappa shape index (κ2) is 3.62. The number of amides is 1. The molecular weight excluding hydrogens is 234 g/mol. The van der Waals surface area contributed by atoms with E-state index in [9.17, 15) is 14.7 Å². The van der Waals surface area contributed by atoms with Gasteiger partial charge in [-0.15, -0.1) is 0 Å². The Morgan fingerprint density at radius 2 is 1.89 bits per heavy atom. The number of aliphatic carboxylic acids is 1. The molecule has 1 heterocycles. The molecule has 1 aliphatic carbocycles. The fraction of sp³-hybridized carbons (Fsp3) is 0.846. The lowest BCUT2D eigenvalue weighted by atomic mass is 10.0. The Balaban J connectivity index is 2.12. The van der Waals surface area contributed by atoms with Gasteiger partial charge in [0.1, 0.15) is 11.6 Å². The molecule has 0 aromatic carbocycles. The summed E-state index contributed by atoms with van der Waals surface area (Å²) < 4.78 is 5.26. The fourth-order valence-corrected chi connectivity index (χ4v) is 3.08. The molecule has 5 nitrogen and oxygen atoms in total. The van der Waals surface area contributed by atoms with Gasteiger partial charge >= 0.3 is 12.1 Å². The van der Waals surface area contributed by atoms with Crippen LogP contribution in [0, 0.1) is 17.3 Å². The van der Waals surface area contributed by atoms with Crippen molar-refractivity contribution in [3.63, 3.8) is 0 Å². The summed E-state index contributed by atoms with van der Waals surface area (Å²) in [6, 6.07) is -0.736. The monoisotopic (exact) mass is 255 g/mol. The predicted octanol–water partition coefficient (Wildman–Crippen LogP) is 1.96. The Kier molecular flexibility index (Phi) is 2.65. The van der Waals surface area contributed by atoms with Crippen LogP contribution in [0.1, 0.15) is 34.6 Å². The molecule has 1 aliphatic heterocycles. The van der Waals surface area contributed by atoms with Crippen LogP contribution in [0.5, 0.6) is 0 Å². The molecule has 102 valence electrons. The lowest BCUT2D eigenvalue weighted by Gasteiger charge is -2.30. The van der Waals surface area contributed by atoms with Crippen LogP contribution in [0.3, 0.4) is 0 Å². The molecule has 1 N–H and O–H groups in total. The van der Waals surface area contributed by atoms with Gasteiger partial charge in [-0.1, -0.05) is 13.8 Å². The molecule has 0 spiro atoms. The molecule has 0 radical (unpaired) electrons. The van der Waals surface area contributed by atoms with Crippen molar-refractivity contribution in [2.75, 3.05) is 6.54 Å². The van der Waals surface area contributed by atoms with Crippen LogP contribution in [0.4, 0.5) is 4.79 Å². The van der Waals surface area contributed by atoms with E-state index in [0.29, 0.717) is 6.54 Å². The SMILES string of the molecule is CC(C)(C)OC(=O)N1C[C@@H]2[C@H]([C@@H]1C(=O)O)C2(C)C. The van der Waals surface area contributed by atoms with E-state index in [0.717, 1.165) is 0 Å².